The number of fused-ring (bicyclic) bond motifs is 1. The van der Waals surface area contributed by atoms with Gasteiger partial charge in [-0.15, -0.1) is 5.10 Å². The second-order valence-electron chi connectivity index (χ2n) is 6.63. The van der Waals surface area contributed by atoms with Crippen LogP contribution in [0.15, 0.2) is 24.3 Å². The Labute approximate surface area is 158 Å². The number of benzene rings is 1. The zero-order valence-corrected chi connectivity index (χ0v) is 15.5. The third-order valence-corrected chi connectivity index (χ3v) is 5.92. The molecule has 1 fully saturated rings. The Kier molecular flexibility index (Phi) is 4.59. The Hall–Kier alpha value is -2.13. The molecule has 1 N–H and O–H groups in total. The van der Waals surface area contributed by atoms with E-state index in [0.29, 0.717) is 27.6 Å². The minimum absolute atomic E-state index is 0.0449. The third kappa shape index (κ3) is 3.29. The van der Waals surface area contributed by atoms with Crippen molar-refractivity contribution in [1.82, 2.24) is 19.5 Å². The second-order valence-corrected chi connectivity index (χ2v) is 7.64. The van der Waals surface area contributed by atoms with Crippen LogP contribution in [0.5, 0.6) is 5.88 Å². The minimum Gasteiger partial charge on any atom is -0.492 e. The topological polar surface area (TPSA) is 53.7 Å². The van der Waals surface area contributed by atoms with Crippen LogP contribution in [0.2, 0.25) is 0 Å². The quantitative estimate of drug-likeness (QED) is 0.716. The molecule has 0 saturated carbocycles. The van der Waals surface area contributed by atoms with E-state index in [0.717, 1.165) is 32.0 Å². The van der Waals surface area contributed by atoms with Gasteiger partial charge in [0.05, 0.1) is 16.5 Å². The summed E-state index contributed by atoms with van der Waals surface area (Å²) in [6.07, 6.45) is -1.80. The molecule has 0 aliphatic carbocycles. The number of nitrogens with zero attached hydrogens (tertiary/aromatic N) is 4. The van der Waals surface area contributed by atoms with Crippen LogP contribution in [0.25, 0.3) is 4.96 Å². The number of halogens is 3. The van der Waals surface area contributed by atoms with E-state index in [1.54, 1.807) is 6.07 Å². The highest BCUT2D eigenvalue weighted by Gasteiger charge is 2.34. The average Bonchev–Trinajstić information content (AvgIpc) is 3.35. The molecule has 1 aliphatic rings. The van der Waals surface area contributed by atoms with Gasteiger partial charge in [0.2, 0.25) is 10.8 Å². The van der Waals surface area contributed by atoms with Gasteiger partial charge in [-0.3, -0.25) is 4.90 Å². The van der Waals surface area contributed by atoms with Crippen molar-refractivity contribution in [2.24, 2.45) is 0 Å². The fourth-order valence-corrected chi connectivity index (χ4v) is 4.67. The third-order valence-electron chi connectivity index (χ3n) is 4.84. The number of hydrogen-bond donors (Lipinski definition) is 1. The molecule has 0 radical (unpaired) electrons. The summed E-state index contributed by atoms with van der Waals surface area (Å²) in [6.45, 7) is 3.47. The van der Waals surface area contributed by atoms with Crippen molar-refractivity contribution in [3.8, 4) is 5.88 Å². The molecule has 1 aromatic carbocycles. The standard InChI is InChI=1S/C18H19F3N4OS/c1-2-13-22-17-25(23-13)16(26)15(27-17)14(24-8-3-4-9-24)11-6-5-7-12(10-11)18(19,20)21/h5-7,10,14,26H,2-4,8-9H2,1H3. The van der Waals surface area contributed by atoms with Gasteiger partial charge in [-0.2, -0.15) is 17.7 Å². The summed E-state index contributed by atoms with van der Waals surface area (Å²) in [7, 11) is 0. The van der Waals surface area contributed by atoms with Gasteiger partial charge in [0.15, 0.2) is 5.82 Å². The van der Waals surface area contributed by atoms with Crippen LogP contribution < -0.4 is 0 Å². The highest BCUT2D eigenvalue weighted by atomic mass is 32.1. The molecule has 0 bridgehead atoms. The van der Waals surface area contributed by atoms with Gasteiger partial charge in [0.25, 0.3) is 0 Å². The Morgan fingerprint density at radius 1 is 1.26 bits per heavy atom. The molecule has 144 valence electrons. The zero-order chi connectivity index (χ0) is 19.2. The molecule has 1 saturated heterocycles. The zero-order valence-electron chi connectivity index (χ0n) is 14.7. The Morgan fingerprint density at radius 3 is 2.63 bits per heavy atom. The number of rotatable bonds is 4. The van der Waals surface area contributed by atoms with E-state index >= 15 is 0 Å². The SMILES string of the molecule is CCc1nc2sc(C(c3cccc(C(F)(F)F)c3)N3CCCC3)c(O)n2n1. The summed E-state index contributed by atoms with van der Waals surface area (Å²) in [5.74, 6) is 0.580. The van der Waals surface area contributed by atoms with E-state index < -0.39 is 17.8 Å². The van der Waals surface area contributed by atoms with Crippen molar-refractivity contribution in [1.29, 1.82) is 0 Å². The minimum atomic E-state index is -4.41. The van der Waals surface area contributed by atoms with Gasteiger partial charge in [0.1, 0.15) is 0 Å². The Bertz CT molecular complexity index is 959. The van der Waals surface area contributed by atoms with Gasteiger partial charge in [0, 0.05) is 6.42 Å². The first kappa shape index (κ1) is 18.2. The van der Waals surface area contributed by atoms with Crippen LogP contribution in [-0.2, 0) is 12.6 Å². The van der Waals surface area contributed by atoms with Crippen LogP contribution in [0, 0.1) is 0 Å². The molecule has 2 aromatic heterocycles. The van der Waals surface area contributed by atoms with Crippen molar-refractivity contribution in [3.05, 3.63) is 46.1 Å². The molecule has 9 heteroatoms. The van der Waals surface area contributed by atoms with Crippen LogP contribution in [0.4, 0.5) is 13.2 Å². The molecule has 3 heterocycles. The number of aromatic hydroxyl groups is 1. The molecular weight excluding hydrogens is 377 g/mol. The lowest BCUT2D eigenvalue weighted by Gasteiger charge is -2.27. The number of likely N-dealkylation sites (tertiary alicyclic amines) is 1. The number of alkyl halides is 3. The van der Waals surface area contributed by atoms with E-state index in [-0.39, 0.29) is 5.88 Å². The maximum atomic E-state index is 13.2. The maximum Gasteiger partial charge on any atom is 0.416 e. The molecule has 1 unspecified atom stereocenters. The smallest absolute Gasteiger partial charge is 0.416 e. The summed E-state index contributed by atoms with van der Waals surface area (Å²) in [6, 6.07) is 4.90. The van der Waals surface area contributed by atoms with E-state index in [9.17, 15) is 18.3 Å². The largest absolute Gasteiger partial charge is 0.492 e. The predicted octanol–water partition coefficient (Wildman–Crippen LogP) is 4.26. The van der Waals surface area contributed by atoms with Gasteiger partial charge in [-0.25, -0.2) is 4.98 Å². The second kappa shape index (κ2) is 6.79. The lowest BCUT2D eigenvalue weighted by molar-refractivity contribution is -0.137. The van der Waals surface area contributed by atoms with Crippen LogP contribution in [-0.4, -0.2) is 37.7 Å². The highest BCUT2D eigenvalue weighted by Crippen LogP contribution is 2.42. The Morgan fingerprint density at radius 2 is 2.00 bits per heavy atom. The summed E-state index contributed by atoms with van der Waals surface area (Å²) >= 11 is 1.28. The lowest BCUT2D eigenvalue weighted by atomic mass is 10.0. The van der Waals surface area contributed by atoms with Gasteiger partial charge in [-0.05, 0) is 43.6 Å². The van der Waals surface area contributed by atoms with E-state index in [1.165, 1.54) is 28.0 Å². The lowest BCUT2D eigenvalue weighted by Crippen LogP contribution is -2.26. The predicted molar refractivity (Wildman–Crippen MR) is 96.0 cm³/mol. The number of hydrogen-bond acceptors (Lipinski definition) is 5. The fraction of sp³-hybridized carbons (Fsp3) is 0.444. The van der Waals surface area contributed by atoms with Crippen LogP contribution >= 0.6 is 11.3 Å². The number of aromatic nitrogens is 3. The molecule has 4 rings (SSSR count). The normalized spacial score (nSPS) is 17.0. The first-order valence-corrected chi connectivity index (χ1v) is 9.68. The molecule has 3 aromatic rings. The summed E-state index contributed by atoms with van der Waals surface area (Å²) in [4.78, 5) is 7.63. The maximum absolute atomic E-state index is 13.2. The van der Waals surface area contributed by atoms with Crippen molar-refractivity contribution in [2.75, 3.05) is 13.1 Å². The summed E-state index contributed by atoms with van der Waals surface area (Å²) < 4.78 is 41.0. The van der Waals surface area contributed by atoms with E-state index in [4.69, 9.17) is 0 Å². The fourth-order valence-electron chi connectivity index (χ4n) is 3.53. The van der Waals surface area contributed by atoms with E-state index in [1.807, 2.05) is 6.92 Å². The van der Waals surface area contributed by atoms with Gasteiger partial charge < -0.3 is 5.11 Å². The first-order valence-electron chi connectivity index (χ1n) is 8.87. The van der Waals surface area contributed by atoms with Crippen molar-refractivity contribution < 1.29 is 18.3 Å². The van der Waals surface area contributed by atoms with Crippen LogP contribution in [0.1, 0.15) is 47.6 Å². The first-order chi connectivity index (χ1) is 12.9. The molecule has 5 nitrogen and oxygen atoms in total. The highest BCUT2D eigenvalue weighted by molar-refractivity contribution is 7.17. The molecule has 1 atom stereocenters. The van der Waals surface area contributed by atoms with E-state index in [2.05, 4.69) is 15.0 Å². The number of thiazole rings is 1. The molecule has 0 amide bonds. The monoisotopic (exact) mass is 396 g/mol. The van der Waals surface area contributed by atoms with Crippen molar-refractivity contribution in [2.45, 2.75) is 38.4 Å². The summed E-state index contributed by atoms with van der Waals surface area (Å²) in [5.41, 5.74) is -0.168. The van der Waals surface area contributed by atoms with Crippen molar-refractivity contribution >= 4 is 16.3 Å². The van der Waals surface area contributed by atoms with Gasteiger partial charge >= 0.3 is 6.18 Å². The molecule has 1 aliphatic heterocycles. The molecule has 0 spiro atoms. The molecular formula is C18H19F3N4OS. The molecule has 27 heavy (non-hydrogen) atoms. The number of aryl methyl sites for hydroxylation is 1. The van der Waals surface area contributed by atoms with Crippen LogP contribution in [0.3, 0.4) is 0 Å². The summed E-state index contributed by atoms with van der Waals surface area (Å²) in [5, 5.41) is 15.0. The average molecular weight is 396 g/mol. The Balaban J connectivity index is 1.83. The van der Waals surface area contributed by atoms with Crippen molar-refractivity contribution in [3.63, 3.8) is 0 Å². The van der Waals surface area contributed by atoms with Gasteiger partial charge in [-0.1, -0.05) is 30.4 Å².